The Bertz CT molecular complexity index is 2500. The van der Waals surface area contributed by atoms with Crippen molar-refractivity contribution < 1.29 is 26.7 Å². The Morgan fingerprint density at radius 1 is 0.944 bits per heavy atom. The Balaban J connectivity index is 1.25. The zero-order chi connectivity index (χ0) is 37.4. The number of ether oxygens (including phenoxy) is 1. The van der Waals surface area contributed by atoms with Gasteiger partial charge in [0, 0.05) is 55.6 Å². The third-order valence-corrected chi connectivity index (χ3v) is 11.5. The first-order valence-corrected chi connectivity index (χ1v) is 19.0. The Morgan fingerprint density at radius 2 is 1.70 bits per heavy atom. The summed E-state index contributed by atoms with van der Waals surface area (Å²) in [6.07, 6.45) is 7.00. The SMILES string of the molecule is O=C(Cn1ccc(C2CC2)n1)N[C@@H](Cc1cc(F)cc(F)c1)c1nc2cc(-c3cccnc3)ccc2c(=O)n1-c1ccc(S(=O)(=O)N2CCOCC2)cc1. The molecular weight excluding hydrogens is 717 g/mol. The second-order valence-electron chi connectivity index (χ2n) is 13.4. The van der Waals surface area contributed by atoms with Crippen molar-refractivity contribution in [1.82, 2.24) is 33.9 Å². The van der Waals surface area contributed by atoms with E-state index in [-0.39, 0.29) is 66.6 Å². The number of amides is 1. The molecule has 6 aromatic rings. The van der Waals surface area contributed by atoms with E-state index < -0.39 is 39.2 Å². The highest BCUT2D eigenvalue weighted by Crippen LogP contribution is 2.38. The first kappa shape index (κ1) is 35.4. The molecular formula is C39H35F2N7O5S. The van der Waals surface area contributed by atoms with Crippen LogP contribution >= 0.6 is 0 Å². The van der Waals surface area contributed by atoms with Crippen molar-refractivity contribution in [1.29, 1.82) is 0 Å². The van der Waals surface area contributed by atoms with E-state index in [1.165, 1.54) is 37.8 Å². The number of sulfonamides is 1. The molecule has 12 nitrogen and oxygen atoms in total. The lowest BCUT2D eigenvalue weighted by Crippen LogP contribution is -2.40. The van der Waals surface area contributed by atoms with Crippen molar-refractivity contribution in [3.8, 4) is 16.8 Å². The molecule has 0 radical (unpaired) electrons. The van der Waals surface area contributed by atoms with Gasteiger partial charge in [-0.15, -0.1) is 0 Å². The van der Waals surface area contributed by atoms with Gasteiger partial charge in [0.25, 0.3) is 5.56 Å². The van der Waals surface area contributed by atoms with E-state index >= 15 is 0 Å². The number of morpholine rings is 1. The largest absolute Gasteiger partial charge is 0.379 e. The quantitative estimate of drug-likeness (QED) is 0.197. The molecule has 1 atom stereocenters. The normalized spacial score (nSPS) is 15.7. The molecule has 1 saturated carbocycles. The van der Waals surface area contributed by atoms with Gasteiger partial charge in [0.05, 0.1) is 46.4 Å². The molecule has 1 aliphatic heterocycles. The molecule has 1 aliphatic carbocycles. The second kappa shape index (κ2) is 14.6. The predicted molar refractivity (Wildman–Crippen MR) is 195 cm³/mol. The molecule has 0 bridgehead atoms. The van der Waals surface area contributed by atoms with Crippen LogP contribution in [0, 0.1) is 11.6 Å². The van der Waals surface area contributed by atoms with Crippen LogP contribution in [0.3, 0.4) is 0 Å². The molecule has 8 rings (SSSR count). The third-order valence-electron chi connectivity index (χ3n) is 9.56. The molecule has 276 valence electrons. The average Bonchev–Trinajstić information content (AvgIpc) is 3.92. The summed E-state index contributed by atoms with van der Waals surface area (Å²) >= 11 is 0. The van der Waals surface area contributed by atoms with Crippen LogP contribution in [0.15, 0.2) is 107 Å². The van der Waals surface area contributed by atoms with Crippen LogP contribution in [0.5, 0.6) is 0 Å². The van der Waals surface area contributed by atoms with Crippen LogP contribution in [-0.2, 0) is 32.5 Å². The first-order valence-electron chi connectivity index (χ1n) is 17.6. The van der Waals surface area contributed by atoms with Crippen LogP contribution in [0.2, 0.25) is 0 Å². The second-order valence-corrected chi connectivity index (χ2v) is 15.3. The minimum atomic E-state index is -3.85. The lowest BCUT2D eigenvalue weighted by molar-refractivity contribution is -0.122. The summed E-state index contributed by atoms with van der Waals surface area (Å²) in [4.78, 5) is 37.5. The monoisotopic (exact) mass is 751 g/mol. The molecule has 0 unspecified atom stereocenters. The fourth-order valence-electron chi connectivity index (χ4n) is 6.72. The molecule has 2 aliphatic rings. The fourth-order valence-corrected chi connectivity index (χ4v) is 8.13. The smallest absolute Gasteiger partial charge is 0.266 e. The number of hydrogen-bond donors (Lipinski definition) is 1. The number of halogens is 2. The number of carbonyl (C=O) groups excluding carboxylic acids is 1. The maximum absolute atomic E-state index is 14.6. The number of carbonyl (C=O) groups is 1. The maximum Gasteiger partial charge on any atom is 0.266 e. The van der Waals surface area contributed by atoms with Crippen molar-refractivity contribution in [2.75, 3.05) is 26.3 Å². The Kier molecular flexibility index (Phi) is 9.60. The summed E-state index contributed by atoms with van der Waals surface area (Å²) < 4.78 is 65.4. The number of nitrogens with one attached hydrogen (secondary N) is 1. The number of pyridine rings is 1. The minimum absolute atomic E-state index is 0.0301. The topological polar surface area (TPSA) is 141 Å². The molecule has 0 spiro atoms. The highest BCUT2D eigenvalue weighted by Gasteiger charge is 2.29. The number of aromatic nitrogens is 5. The first-order chi connectivity index (χ1) is 26.1. The summed E-state index contributed by atoms with van der Waals surface area (Å²) in [5.74, 6) is -1.63. The minimum Gasteiger partial charge on any atom is -0.379 e. The average molecular weight is 752 g/mol. The van der Waals surface area contributed by atoms with Gasteiger partial charge >= 0.3 is 0 Å². The standard InChI is InChI=1S/C39H35F2N7O5S/c40-29-18-25(19-30(41)22-29)20-36(43-37(49)24-46-13-11-34(45-46)26-3-4-26)38-44-35-21-27(28-2-1-12-42-23-28)5-10-33(35)39(50)48(38)31-6-8-32(9-7-31)54(51,52)47-14-16-53-17-15-47/h1-2,5-13,18-19,21-23,26,36H,3-4,14-17,20,24H2,(H,43,49)/t36-/m0/s1. The Morgan fingerprint density at radius 3 is 2.41 bits per heavy atom. The number of fused-ring (bicyclic) bond motifs is 1. The van der Waals surface area contributed by atoms with Crippen molar-refractivity contribution in [2.45, 2.75) is 42.7 Å². The summed E-state index contributed by atoms with van der Waals surface area (Å²) in [6.45, 7) is 0.840. The summed E-state index contributed by atoms with van der Waals surface area (Å²) in [5.41, 5.74) is 2.73. The third kappa shape index (κ3) is 7.42. The predicted octanol–water partition coefficient (Wildman–Crippen LogP) is 4.92. The van der Waals surface area contributed by atoms with Gasteiger partial charge < -0.3 is 10.1 Å². The van der Waals surface area contributed by atoms with Crippen molar-refractivity contribution in [2.24, 2.45) is 0 Å². The van der Waals surface area contributed by atoms with Crippen LogP contribution in [0.25, 0.3) is 27.7 Å². The van der Waals surface area contributed by atoms with E-state index in [1.807, 2.05) is 12.1 Å². The molecule has 1 amide bonds. The summed E-state index contributed by atoms with van der Waals surface area (Å²) in [6, 6.07) is 18.5. The van der Waals surface area contributed by atoms with Crippen LogP contribution < -0.4 is 10.9 Å². The van der Waals surface area contributed by atoms with Gasteiger partial charge in [-0.25, -0.2) is 22.2 Å². The lowest BCUT2D eigenvalue weighted by Gasteiger charge is -2.26. The van der Waals surface area contributed by atoms with E-state index in [4.69, 9.17) is 9.72 Å². The number of benzene rings is 3. The zero-order valence-electron chi connectivity index (χ0n) is 28.9. The van der Waals surface area contributed by atoms with Gasteiger partial charge in [0.1, 0.15) is 24.0 Å². The van der Waals surface area contributed by atoms with E-state index in [2.05, 4.69) is 15.4 Å². The lowest BCUT2D eigenvalue weighted by atomic mass is 10.0. The number of hydrogen-bond acceptors (Lipinski definition) is 8. The molecule has 1 N–H and O–H groups in total. The van der Waals surface area contributed by atoms with Crippen LogP contribution in [0.1, 0.15) is 41.9 Å². The van der Waals surface area contributed by atoms with Crippen molar-refractivity contribution in [3.05, 3.63) is 137 Å². The maximum atomic E-state index is 14.6. The van der Waals surface area contributed by atoms with Gasteiger partial charge in [-0.3, -0.25) is 23.8 Å². The summed E-state index contributed by atoms with van der Waals surface area (Å²) in [7, 11) is -3.85. The number of rotatable bonds is 11. The van der Waals surface area contributed by atoms with Crippen LogP contribution in [-0.4, -0.2) is 69.2 Å². The van der Waals surface area contributed by atoms with E-state index in [9.17, 15) is 26.8 Å². The molecule has 4 heterocycles. The molecule has 2 fully saturated rings. The molecule has 15 heteroatoms. The van der Waals surface area contributed by atoms with Gasteiger partial charge in [-0.1, -0.05) is 12.1 Å². The highest BCUT2D eigenvalue weighted by atomic mass is 32.2. The zero-order valence-corrected chi connectivity index (χ0v) is 29.8. The van der Waals surface area contributed by atoms with Crippen molar-refractivity contribution in [3.63, 3.8) is 0 Å². The van der Waals surface area contributed by atoms with E-state index in [0.29, 0.717) is 11.4 Å². The van der Waals surface area contributed by atoms with Crippen molar-refractivity contribution >= 4 is 26.8 Å². The molecule has 1 saturated heterocycles. The number of nitrogens with zero attached hydrogens (tertiary/aromatic N) is 6. The molecule has 54 heavy (non-hydrogen) atoms. The fraction of sp³-hybridized carbons (Fsp3) is 0.256. The molecule has 3 aromatic heterocycles. The summed E-state index contributed by atoms with van der Waals surface area (Å²) in [5, 5.41) is 7.75. The van der Waals surface area contributed by atoms with E-state index in [1.54, 1.807) is 42.9 Å². The van der Waals surface area contributed by atoms with Gasteiger partial charge in [0.2, 0.25) is 15.9 Å². The van der Waals surface area contributed by atoms with Crippen LogP contribution in [0.4, 0.5) is 8.78 Å². The van der Waals surface area contributed by atoms with Gasteiger partial charge in [-0.05, 0) is 84.6 Å². The highest BCUT2D eigenvalue weighted by molar-refractivity contribution is 7.89. The molecule has 3 aromatic carbocycles. The van der Waals surface area contributed by atoms with E-state index in [0.717, 1.165) is 47.9 Å². The van der Waals surface area contributed by atoms with Gasteiger partial charge in [-0.2, -0.15) is 9.40 Å². The Labute approximate surface area is 309 Å². The Hall–Kier alpha value is -5.64. The van der Waals surface area contributed by atoms with Gasteiger partial charge in [0.15, 0.2) is 0 Å².